The second kappa shape index (κ2) is 5.68. The van der Waals surface area contributed by atoms with Crippen LogP contribution in [0, 0.1) is 11.3 Å². The first-order valence-corrected chi connectivity index (χ1v) is 4.20. The van der Waals surface area contributed by atoms with Crippen LogP contribution in [0.4, 0.5) is 0 Å². The third-order valence-electron chi connectivity index (χ3n) is 1.56. The van der Waals surface area contributed by atoms with Crippen LogP contribution in [-0.4, -0.2) is 0 Å². The molecule has 0 atom stereocenters. The van der Waals surface area contributed by atoms with Gasteiger partial charge in [0.05, 0.1) is 6.07 Å². The van der Waals surface area contributed by atoms with Crippen molar-refractivity contribution < 1.29 is 0 Å². The summed E-state index contributed by atoms with van der Waals surface area (Å²) in [5.41, 5.74) is 2.94. The van der Waals surface area contributed by atoms with Crippen molar-refractivity contribution in [2.45, 2.75) is 20.8 Å². The van der Waals surface area contributed by atoms with E-state index in [2.05, 4.69) is 18.7 Å². The Balaban J connectivity index is 4.71. The van der Waals surface area contributed by atoms with Crippen molar-refractivity contribution in [1.82, 2.24) is 0 Å². The summed E-state index contributed by atoms with van der Waals surface area (Å²) in [5, 5.41) is 10.2. The highest BCUT2D eigenvalue weighted by Crippen LogP contribution is 2.08. The number of nitriles is 1. The third kappa shape index (κ3) is 4.05. The molecule has 2 heteroatoms. The Morgan fingerprint density at radius 3 is 2.25 bits per heavy atom. The van der Waals surface area contributed by atoms with Crippen molar-refractivity contribution >= 4 is 12.6 Å². The summed E-state index contributed by atoms with van der Waals surface area (Å²) in [6, 6.07) is 2.08. The first kappa shape index (κ1) is 11.1. The van der Waals surface area contributed by atoms with Crippen molar-refractivity contribution in [3.05, 3.63) is 34.3 Å². The van der Waals surface area contributed by atoms with Crippen LogP contribution in [0.3, 0.4) is 0 Å². The Bertz CT molecular complexity index is 277. The summed E-state index contributed by atoms with van der Waals surface area (Å²) >= 11 is 3.97. The lowest BCUT2D eigenvalue weighted by atomic mass is 10.1. The molecule has 0 saturated carbocycles. The molecular formula is C10H13NS. The zero-order valence-corrected chi connectivity index (χ0v) is 8.52. The van der Waals surface area contributed by atoms with Crippen LogP contribution < -0.4 is 0 Å². The Hall–Kier alpha value is -0.940. The predicted octanol–water partition coefficient (Wildman–Crippen LogP) is 3.24. The fourth-order valence-corrected chi connectivity index (χ4v) is 0.938. The Morgan fingerprint density at radius 1 is 1.25 bits per heavy atom. The van der Waals surface area contributed by atoms with Crippen molar-refractivity contribution in [3.8, 4) is 6.07 Å². The van der Waals surface area contributed by atoms with E-state index in [1.165, 1.54) is 0 Å². The highest BCUT2D eigenvalue weighted by atomic mass is 32.1. The van der Waals surface area contributed by atoms with Crippen molar-refractivity contribution in [1.29, 1.82) is 5.26 Å². The zero-order valence-electron chi connectivity index (χ0n) is 7.63. The maximum atomic E-state index is 8.52. The van der Waals surface area contributed by atoms with Gasteiger partial charge in [0.1, 0.15) is 0 Å². The number of hydrogen-bond donors (Lipinski definition) is 1. The molecular weight excluding hydrogens is 166 g/mol. The first-order valence-electron chi connectivity index (χ1n) is 3.68. The molecule has 0 aliphatic heterocycles. The van der Waals surface area contributed by atoms with Gasteiger partial charge in [-0.1, -0.05) is 6.08 Å². The van der Waals surface area contributed by atoms with E-state index >= 15 is 0 Å². The average Bonchev–Trinajstić information content (AvgIpc) is 2.04. The molecule has 0 unspecified atom stereocenters. The van der Waals surface area contributed by atoms with Crippen LogP contribution in [0.1, 0.15) is 20.8 Å². The standard InChI is InChI=1S/C10H13NS/c1-8(7-11)6-10(3)9(2)4-5-12/h4-6,12H,1-3H3/b5-4-,8-6+,10-9+. The van der Waals surface area contributed by atoms with Gasteiger partial charge in [-0.15, -0.1) is 0 Å². The fraction of sp³-hybridized carbons (Fsp3) is 0.300. The predicted molar refractivity (Wildman–Crippen MR) is 55.9 cm³/mol. The van der Waals surface area contributed by atoms with E-state index in [1.807, 2.05) is 26.0 Å². The Kier molecular flexibility index (Phi) is 5.23. The SMILES string of the molecule is C\C(C#N)=C/C(C)=C(C)/C=C\S. The van der Waals surface area contributed by atoms with Gasteiger partial charge in [-0.3, -0.25) is 0 Å². The highest BCUT2D eigenvalue weighted by molar-refractivity contribution is 7.83. The second-order valence-corrected chi connectivity index (χ2v) is 2.92. The summed E-state index contributed by atoms with van der Waals surface area (Å²) < 4.78 is 0. The molecule has 0 amide bonds. The summed E-state index contributed by atoms with van der Waals surface area (Å²) in [6.07, 6.45) is 3.77. The van der Waals surface area contributed by atoms with Gasteiger partial charge >= 0.3 is 0 Å². The Morgan fingerprint density at radius 2 is 1.83 bits per heavy atom. The number of nitrogens with zero attached hydrogens (tertiary/aromatic N) is 1. The molecule has 0 aromatic carbocycles. The van der Waals surface area contributed by atoms with Crippen LogP contribution in [0.25, 0.3) is 0 Å². The molecule has 0 N–H and O–H groups in total. The molecule has 0 heterocycles. The quantitative estimate of drug-likeness (QED) is 0.393. The molecule has 12 heavy (non-hydrogen) atoms. The van der Waals surface area contributed by atoms with Crippen LogP contribution in [-0.2, 0) is 0 Å². The summed E-state index contributed by atoms with van der Waals surface area (Å²) in [5.74, 6) is 0. The van der Waals surface area contributed by atoms with Crippen LogP contribution in [0.15, 0.2) is 34.3 Å². The third-order valence-corrected chi connectivity index (χ3v) is 1.70. The van der Waals surface area contributed by atoms with E-state index in [4.69, 9.17) is 5.26 Å². The summed E-state index contributed by atoms with van der Waals surface area (Å²) in [6.45, 7) is 5.76. The molecule has 0 rings (SSSR count). The minimum Gasteiger partial charge on any atom is -0.193 e. The van der Waals surface area contributed by atoms with Gasteiger partial charge in [0, 0.05) is 5.57 Å². The van der Waals surface area contributed by atoms with Crippen molar-refractivity contribution in [2.75, 3.05) is 0 Å². The lowest BCUT2D eigenvalue weighted by molar-refractivity contribution is 1.34. The van der Waals surface area contributed by atoms with E-state index < -0.39 is 0 Å². The van der Waals surface area contributed by atoms with Crippen LogP contribution in [0.5, 0.6) is 0 Å². The molecule has 0 aliphatic carbocycles. The largest absolute Gasteiger partial charge is 0.193 e. The van der Waals surface area contributed by atoms with Gasteiger partial charge < -0.3 is 0 Å². The van der Waals surface area contributed by atoms with Gasteiger partial charge in [0.25, 0.3) is 0 Å². The van der Waals surface area contributed by atoms with Gasteiger partial charge in [-0.25, -0.2) is 0 Å². The molecule has 0 radical (unpaired) electrons. The fourth-order valence-electron chi connectivity index (χ4n) is 0.714. The van der Waals surface area contributed by atoms with E-state index in [0.29, 0.717) is 0 Å². The monoisotopic (exact) mass is 179 g/mol. The van der Waals surface area contributed by atoms with Crippen molar-refractivity contribution in [2.24, 2.45) is 0 Å². The maximum absolute atomic E-state index is 8.52. The first-order chi connectivity index (χ1) is 5.61. The number of rotatable bonds is 2. The topological polar surface area (TPSA) is 23.8 Å². The van der Waals surface area contributed by atoms with E-state index in [0.717, 1.165) is 16.7 Å². The van der Waals surface area contributed by atoms with E-state index in [-0.39, 0.29) is 0 Å². The molecule has 0 aliphatic rings. The molecule has 0 fully saturated rings. The maximum Gasteiger partial charge on any atom is 0.0944 e. The molecule has 0 bridgehead atoms. The van der Waals surface area contributed by atoms with Crippen LogP contribution >= 0.6 is 12.6 Å². The van der Waals surface area contributed by atoms with E-state index in [1.54, 1.807) is 12.3 Å². The molecule has 64 valence electrons. The lowest BCUT2D eigenvalue weighted by Crippen LogP contribution is -1.77. The number of allylic oxidation sites excluding steroid dienone is 5. The van der Waals surface area contributed by atoms with Gasteiger partial charge in [-0.2, -0.15) is 17.9 Å². The summed E-state index contributed by atoms with van der Waals surface area (Å²) in [7, 11) is 0. The van der Waals surface area contributed by atoms with E-state index in [9.17, 15) is 0 Å². The highest BCUT2D eigenvalue weighted by Gasteiger charge is 1.90. The number of thiol groups is 1. The van der Waals surface area contributed by atoms with Crippen molar-refractivity contribution in [3.63, 3.8) is 0 Å². The molecule has 0 aromatic rings. The normalized spacial score (nSPS) is 14.4. The summed E-state index contributed by atoms with van der Waals surface area (Å²) in [4.78, 5) is 0. The van der Waals surface area contributed by atoms with Gasteiger partial charge in [-0.05, 0) is 43.4 Å². The number of hydrogen-bond acceptors (Lipinski definition) is 2. The minimum atomic E-state index is 0.722. The smallest absolute Gasteiger partial charge is 0.0944 e. The zero-order chi connectivity index (χ0) is 9.56. The van der Waals surface area contributed by atoms with Gasteiger partial charge in [0.15, 0.2) is 0 Å². The Labute approximate surface area is 79.5 Å². The molecule has 0 saturated heterocycles. The molecule has 0 aromatic heterocycles. The molecule has 0 spiro atoms. The second-order valence-electron chi connectivity index (χ2n) is 2.62. The lowest BCUT2D eigenvalue weighted by Gasteiger charge is -1.96. The van der Waals surface area contributed by atoms with Crippen LogP contribution in [0.2, 0.25) is 0 Å². The average molecular weight is 179 g/mol. The minimum absolute atomic E-state index is 0.722. The molecule has 1 nitrogen and oxygen atoms in total. The van der Waals surface area contributed by atoms with Gasteiger partial charge in [0.2, 0.25) is 0 Å².